The number of aromatic nitrogens is 2. The van der Waals surface area contributed by atoms with Crippen molar-refractivity contribution in [1.82, 2.24) is 9.97 Å². The number of rotatable bonds is 4. The molecule has 0 bridgehead atoms. The Morgan fingerprint density at radius 3 is 2.42 bits per heavy atom. The van der Waals surface area contributed by atoms with Crippen molar-refractivity contribution in [2.75, 3.05) is 10.6 Å². The summed E-state index contributed by atoms with van der Waals surface area (Å²) in [4.78, 5) is 20.4. The van der Waals surface area contributed by atoms with Gasteiger partial charge in [-0.2, -0.15) is 0 Å². The van der Waals surface area contributed by atoms with Crippen LogP contribution in [0.5, 0.6) is 0 Å². The molecule has 0 radical (unpaired) electrons. The van der Waals surface area contributed by atoms with Crippen LogP contribution in [-0.4, -0.2) is 15.9 Å². The van der Waals surface area contributed by atoms with E-state index in [2.05, 4.69) is 20.6 Å². The fourth-order valence-corrected chi connectivity index (χ4v) is 2.34. The van der Waals surface area contributed by atoms with Crippen molar-refractivity contribution in [3.8, 4) is 0 Å². The Kier molecular flexibility index (Phi) is 4.93. The Morgan fingerprint density at radius 1 is 0.958 bits per heavy atom. The van der Waals surface area contributed by atoms with Crippen molar-refractivity contribution >= 4 is 46.4 Å². The second kappa shape index (κ2) is 7.29. The normalized spacial score (nSPS) is 10.2. The Labute approximate surface area is 148 Å². The summed E-state index contributed by atoms with van der Waals surface area (Å²) in [5.74, 6) is 0.0314. The lowest BCUT2D eigenvalue weighted by Crippen LogP contribution is -2.13. The number of nitrogens with zero attached hydrogens (tertiary/aromatic N) is 2. The lowest BCUT2D eigenvalue weighted by molar-refractivity contribution is 0.102. The van der Waals surface area contributed by atoms with Crippen LogP contribution in [0.1, 0.15) is 10.4 Å². The minimum Gasteiger partial charge on any atom is -0.323 e. The summed E-state index contributed by atoms with van der Waals surface area (Å²) in [6, 6.07) is 14.1. The number of hydrogen-bond donors (Lipinski definition) is 2. The molecule has 0 aliphatic carbocycles. The molecule has 1 heterocycles. The Bertz CT molecular complexity index is 868. The summed E-state index contributed by atoms with van der Waals surface area (Å²) in [5.41, 5.74) is 1.63. The van der Waals surface area contributed by atoms with E-state index in [4.69, 9.17) is 23.2 Å². The first-order chi connectivity index (χ1) is 11.6. The maximum Gasteiger partial charge on any atom is 0.258 e. The molecule has 0 aliphatic rings. The summed E-state index contributed by atoms with van der Waals surface area (Å²) >= 11 is 12.0. The number of hydrogen-bond acceptors (Lipinski definition) is 4. The van der Waals surface area contributed by atoms with Crippen molar-refractivity contribution in [2.45, 2.75) is 0 Å². The summed E-state index contributed by atoms with van der Waals surface area (Å²) in [7, 11) is 0. The van der Waals surface area contributed by atoms with Gasteiger partial charge in [0.2, 0.25) is 5.95 Å². The third-order valence-electron chi connectivity index (χ3n) is 3.12. The highest BCUT2D eigenvalue weighted by Crippen LogP contribution is 2.23. The smallest absolute Gasteiger partial charge is 0.258 e. The third-order valence-corrected chi connectivity index (χ3v) is 3.68. The number of carbonyl (C=O) groups excluding carboxylic acids is 1. The monoisotopic (exact) mass is 358 g/mol. The fourth-order valence-electron chi connectivity index (χ4n) is 1.96. The fraction of sp³-hybridized carbons (Fsp3) is 0. The molecule has 0 spiro atoms. The molecule has 2 aromatic carbocycles. The molecule has 0 aliphatic heterocycles. The quantitative estimate of drug-likeness (QED) is 0.704. The van der Waals surface area contributed by atoms with Crippen molar-refractivity contribution in [1.29, 1.82) is 0 Å². The van der Waals surface area contributed by atoms with Gasteiger partial charge in [0, 0.05) is 23.1 Å². The Hall–Kier alpha value is -2.63. The van der Waals surface area contributed by atoms with Crippen LogP contribution in [0, 0.1) is 0 Å². The number of anilines is 3. The van der Waals surface area contributed by atoms with Crippen LogP contribution >= 0.6 is 23.2 Å². The first kappa shape index (κ1) is 16.2. The molecule has 1 amide bonds. The molecule has 3 aromatic rings. The summed E-state index contributed by atoms with van der Waals surface area (Å²) in [6.07, 6.45) is 2.87. The molecule has 1 aromatic heterocycles. The zero-order valence-corrected chi connectivity index (χ0v) is 13.8. The second-order valence-electron chi connectivity index (χ2n) is 4.86. The van der Waals surface area contributed by atoms with Gasteiger partial charge in [0.05, 0.1) is 16.3 Å². The van der Waals surface area contributed by atoms with E-state index < -0.39 is 0 Å². The topological polar surface area (TPSA) is 66.9 Å². The summed E-state index contributed by atoms with van der Waals surface area (Å²) < 4.78 is 0. The molecule has 3 rings (SSSR count). The van der Waals surface area contributed by atoms with E-state index in [-0.39, 0.29) is 5.91 Å². The van der Waals surface area contributed by atoms with Gasteiger partial charge in [0.15, 0.2) is 0 Å². The zero-order chi connectivity index (χ0) is 16.9. The van der Waals surface area contributed by atoms with Crippen molar-refractivity contribution in [3.05, 3.63) is 76.5 Å². The van der Waals surface area contributed by atoms with E-state index in [1.165, 1.54) is 12.4 Å². The van der Waals surface area contributed by atoms with Crippen LogP contribution < -0.4 is 10.6 Å². The molecule has 0 atom stereocenters. The van der Waals surface area contributed by atoms with E-state index in [1.807, 2.05) is 18.2 Å². The predicted molar refractivity (Wildman–Crippen MR) is 96.2 cm³/mol. The number of para-hydroxylation sites is 1. The molecule has 2 N–H and O–H groups in total. The van der Waals surface area contributed by atoms with Gasteiger partial charge in [-0.1, -0.05) is 41.4 Å². The predicted octanol–water partition coefficient (Wildman–Crippen LogP) is 4.78. The van der Waals surface area contributed by atoms with Crippen LogP contribution in [-0.2, 0) is 0 Å². The van der Waals surface area contributed by atoms with Crippen molar-refractivity contribution in [3.63, 3.8) is 0 Å². The SMILES string of the molecule is O=C(Nc1cccc(Cl)c1)c1cnc(Nc2ccccc2Cl)nc1. The summed E-state index contributed by atoms with van der Waals surface area (Å²) in [6.45, 7) is 0. The van der Waals surface area contributed by atoms with E-state index in [0.29, 0.717) is 32.9 Å². The van der Waals surface area contributed by atoms with E-state index in [9.17, 15) is 4.79 Å². The molecule has 0 fully saturated rings. The van der Waals surface area contributed by atoms with Crippen molar-refractivity contribution < 1.29 is 4.79 Å². The zero-order valence-electron chi connectivity index (χ0n) is 12.3. The number of amides is 1. The van der Waals surface area contributed by atoms with Gasteiger partial charge < -0.3 is 10.6 Å². The molecular formula is C17H12Cl2N4O. The molecule has 0 saturated carbocycles. The van der Waals surface area contributed by atoms with Gasteiger partial charge >= 0.3 is 0 Å². The van der Waals surface area contributed by atoms with Crippen LogP contribution in [0.2, 0.25) is 10.0 Å². The average molecular weight is 359 g/mol. The largest absolute Gasteiger partial charge is 0.323 e. The van der Waals surface area contributed by atoms with Gasteiger partial charge in [-0.25, -0.2) is 9.97 Å². The first-order valence-corrected chi connectivity index (χ1v) is 7.78. The highest BCUT2D eigenvalue weighted by atomic mass is 35.5. The van der Waals surface area contributed by atoms with Crippen LogP contribution in [0.15, 0.2) is 60.9 Å². The standard InChI is InChI=1S/C17H12Cl2N4O/c18-12-4-3-5-13(8-12)22-16(24)11-9-20-17(21-10-11)23-15-7-2-1-6-14(15)19/h1-10H,(H,22,24)(H,20,21,23). The highest BCUT2D eigenvalue weighted by molar-refractivity contribution is 6.33. The highest BCUT2D eigenvalue weighted by Gasteiger charge is 2.09. The van der Waals surface area contributed by atoms with Gasteiger partial charge in [-0.15, -0.1) is 0 Å². The molecule has 0 unspecified atom stereocenters. The van der Waals surface area contributed by atoms with Gasteiger partial charge in [-0.3, -0.25) is 4.79 Å². The van der Waals surface area contributed by atoms with Crippen LogP contribution in [0.25, 0.3) is 0 Å². The molecule has 24 heavy (non-hydrogen) atoms. The minimum absolute atomic E-state index is 0.318. The molecular weight excluding hydrogens is 347 g/mol. The molecule has 7 heteroatoms. The molecule has 0 saturated heterocycles. The van der Waals surface area contributed by atoms with Crippen LogP contribution in [0.4, 0.5) is 17.3 Å². The average Bonchev–Trinajstić information content (AvgIpc) is 2.57. The number of halogens is 2. The second-order valence-corrected chi connectivity index (χ2v) is 5.71. The minimum atomic E-state index is -0.318. The Balaban J connectivity index is 1.70. The van der Waals surface area contributed by atoms with Crippen molar-refractivity contribution in [2.24, 2.45) is 0 Å². The van der Waals surface area contributed by atoms with Crippen LogP contribution in [0.3, 0.4) is 0 Å². The number of carbonyl (C=O) groups is 1. The summed E-state index contributed by atoms with van der Waals surface area (Å²) in [5, 5.41) is 6.83. The maximum absolute atomic E-state index is 12.2. The maximum atomic E-state index is 12.2. The van der Waals surface area contributed by atoms with Gasteiger partial charge in [0.1, 0.15) is 0 Å². The van der Waals surface area contributed by atoms with Gasteiger partial charge in [0.25, 0.3) is 5.91 Å². The molecule has 5 nitrogen and oxygen atoms in total. The number of benzene rings is 2. The Morgan fingerprint density at radius 2 is 1.71 bits per heavy atom. The number of nitrogens with one attached hydrogen (secondary N) is 2. The van der Waals surface area contributed by atoms with E-state index in [1.54, 1.807) is 30.3 Å². The molecule has 120 valence electrons. The lowest BCUT2D eigenvalue weighted by atomic mass is 10.3. The first-order valence-electron chi connectivity index (χ1n) is 7.02. The van der Waals surface area contributed by atoms with E-state index in [0.717, 1.165) is 0 Å². The lowest BCUT2D eigenvalue weighted by Gasteiger charge is -2.08. The van der Waals surface area contributed by atoms with E-state index >= 15 is 0 Å². The van der Waals surface area contributed by atoms with Gasteiger partial charge in [-0.05, 0) is 30.3 Å². The third kappa shape index (κ3) is 4.01.